The van der Waals surface area contributed by atoms with Gasteiger partial charge >= 0.3 is 12.6 Å². The van der Waals surface area contributed by atoms with Gasteiger partial charge in [-0.25, -0.2) is 12.8 Å². The number of carbonyl (C=O) groups is 1. The van der Waals surface area contributed by atoms with Crippen molar-refractivity contribution in [3.8, 4) is 5.75 Å². The predicted molar refractivity (Wildman–Crippen MR) is 74.3 cm³/mol. The van der Waals surface area contributed by atoms with Crippen molar-refractivity contribution in [2.75, 3.05) is 0 Å². The molecule has 2 N–H and O–H groups in total. The molecular weight excluding hydrogens is 339 g/mol. The van der Waals surface area contributed by atoms with Crippen LogP contribution in [0.2, 0.25) is 0 Å². The van der Waals surface area contributed by atoms with Crippen molar-refractivity contribution in [2.24, 2.45) is 0 Å². The third-order valence-corrected chi connectivity index (χ3v) is 4.35. The van der Waals surface area contributed by atoms with Gasteiger partial charge in [0, 0.05) is 0 Å². The van der Waals surface area contributed by atoms with Gasteiger partial charge in [-0.2, -0.15) is 13.5 Å². The Labute approximate surface area is 131 Å². The van der Waals surface area contributed by atoms with E-state index < -0.39 is 45.1 Å². The summed E-state index contributed by atoms with van der Waals surface area (Å²) < 4.78 is 68.2. The number of benzene rings is 1. The molecule has 0 aromatic heterocycles. The van der Waals surface area contributed by atoms with Crippen molar-refractivity contribution >= 4 is 16.0 Å². The Balaban J connectivity index is 3.15. The van der Waals surface area contributed by atoms with Crippen LogP contribution in [-0.4, -0.2) is 32.1 Å². The summed E-state index contributed by atoms with van der Waals surface area (Å²) in [7, 11) is -4.56. The largest absolute Gasteiger partial charge is 0.480 e. The summed E-state index contributed by atoms with van der Waals surface area (Å²) in [5.41, 5.74) is 0. The lowest BCUT2D eigenvalue weighted by Gasteiger charge is -2.16. The zero-order chi connectivity index (χ0) is 17.6. The molecule has 0 aliphatic rings. The van der Waals surface area contributed by atoms with Gasteiger partial charge in [-0.3, -0.25) is 4.79 Å². The van der Waals surface area contributed by atoms with Crippen LogP contribution in [0.25, 0.3) is 0 Å². The van der Waals surface area contributed by atoms with Crippen LogP contribution < -0.4 is 9.46 Å². The molecule has 1 aromatic rings. The Bertz CT molecular complexity index is 651. The summed E-state index contributed by atoms with van der Waals surface area (Å²) in [5.74, 6) is -3.18. The molecule has 0 heterocycles. The first-order valence-electron chi connectivity index (χ1n) is 6.67. The number of sulfonamides is 1. The van der Waals surface area contributed by atoms with Crippen LogP contribution >= 0.6 is 0 Å². The minimum atomic E-state index is -4.56. The maximum atomic E-state index is 13.3. The van der Waals surface area contributed by atoms with Gasteiger partial charge in [-0.05, 0) is 24.6 Å². The molecule has 23 heavy (non-hydrogen) atoms. The summed E-state index contributed by atoms with van der Waals surface area (Å²) >= 11 is 0. The molecule has 0 radical (unpaired) electrons. The first-order chi connectivity index (χ1) is 10.7. The minimum Gasteiger partial charge on any atom is -0.480 e. The molecule has 0 saturated carbocycles. The van der Waals surface area contributed by atoms with Crippen molar-refractivity contribution in [1.82, 2.24) is 4.72 Å². The van der Waals surface area contributed by atoms with E-state index in [0.717, 1.165) is 12.1 Å². The molecule has 130 valence electrons. The van der Waals surface area contributed by atoms with Crippen LogP contribution in [0.1, 0.15) is 26.2 Å². The van der Waals surface area contributed by atoms with E-state index in [4.69, 9.17) is 5.11 Å². The van der Waals surface area contributed by atoms with E-state index >= 15 is 0 Å². The van der Waals surface area contributed by atoms with E-state index in [1.165, 1.54) is 0 Å². The summed E-state index contributed by atoms with van der Waals surface area (Å²) in [4.78, 5) is 10.2. The highest BCUT2D eigenvalue weighted by Gasteiger charge is 2.28. The van der Waals surface area contributed by atoms with Gasteiger partial charge in [-0.1, -0.05) is 19.8 Å². The van der Waals surface area contributed by atoms with Crippen molar-refractivity contribution < 1.29 is 36.2 Å². The molecule has 1 aromatic carbocycles. The number of hydrogen-bond acceptors (Lipinski definition) is 4. The van der Waals surface area contributed by atoms with E-state index in [0.29, 0.717) is 18.9 Å². The van der Waals surface area contributed by atoms with E-state index in [2.05, 4.69) is 4.74 Å². The van der Waals surface area contributed by atoms with Crippen LogP contribution in [0.15, 0.2) is 23.1 Å². The van der Waals surface area contributed by atoms with Crippen LogP contribution in [0.3, 0.4) is 0 Å². The Morgan fingerprint density at radius 3 is 2.57 bits per heavy atom. The fraction of sp³-hybridized carbons (Fsp3) is 0.462. The lowest BCUT2D eigenvalue weighted by molar-refractivity contribution is -0.139. The molecule has 10 heteroatoms. The molecule has 0 unspecified atom stereocenters. The Hall–Kier alpha value is -1.81. The number of hydrogen-bond donors (Lipinski definition) is 2. The van der Waals surface area contributed by atoms with Gasteiger partial charge in [0.25, 0.3) is 0 Å². The third kappa shape index (κ3) is 5.71. The number of nitrogens with one attached hydrogen (secondary N) is 1. The summed E-state index contributed by atoms with van der Waals surface area (Å²) in [5, 5.41) is 9.03. The molecule has 0 aliphatic heterocycles. The number of halogens is 3. The summed E-state index contributed by atoms with van der Waals surface area (Å²) in [6.45, 7) is -1.53. The minimum absolute atomic E-state index is 0.00537. The Morgan fingerprint density at radius 2 is 2.04 bits per heavy atom. The predicted octanol–water partition coefficient (Wildman–Crippen LogP) is 2.35. The number of carboxylic acids is 1. The molecule has 0 amide bonds. The highest BCUT2D eigenvalue weighted by Crippen LogP contribution is 2.26. The van der Waals surface area contributed by atoms with Crippen LogP contribution in [0, 0.1) is 5.82 Å². The van der Waals surface area contributed by atoms with Gasteiger partial charge in [0.2, 0.25) is 10.0 Å². The fourth-order valence-electron chi connectivity index (χ4n) is 1.78. The monoisotopic (exact) mass is 355 g/mol. The maximum Gasteiger partial charge on any atom is 0.387 e. The van der Waals surface area contributed by atoms with Crippen molar-refractivity contribution in [2.45, 2.75) is 43.7 Å². The summed E-state index contributed by atoms with van der Waals surface area (Å²) in [6.07, 6.45) is 1.07. The second-order valence-electron chi connectivity index (χ2n) is 4.62. The molecule has 0 saturated heterocycles. The normalized spacial score (nSPS) is 13.1. The number of carboxylic acid groups (broad SMARTS) is 1. The molecular formula is C13H16F3NO5S. The van der Waals surface area contributed by atoms with E-state index in [1.54, 1.807) is 6.92 Å². The van der Waals surface area contributed by atoms with Crippen LogP contribution in [-0.2, 0) is 14.8 Å². The topological polar surface area (TPSA) is 92.7 Å². The zero-order valence-electron chi connectivity index (χ0n) is 12.1. The first kappa shape index (κ1) is 19.2. The van der Waals surface area contributed by atoms with Gasteiger partial charge in [0.05, 0.1) is 0 Å². The van der Waals surface area contributed by atoms with Crippen molar-refractivity contribution in [3.05, 3.63) is 24.0 Å². The standard InChI is InChI=1S/C13H16F3NO5S/c1-2-3-4-9(12(18)19)17-23(20,21)11-7-8(14)5-6-10(11)22-13(15)16/h5-7,9,13,17H,2-4H2,1H3,(H,18,19)/t9-/m0/s1. The average molecular weight is 355 g/mol. The van der Waals surface area contributed by atoms with E-state index in [1.807, 2.05) is 4.72 Å². The lowest BCUT2D eigenvalue weighted by atomic mass is 10.1. The molecule has 0 aliphatic carbocycles. The Morgan fingerprint density at radius 1 is 1.39 bits per heavy atom. The molecule has 6 nitrogen and oxygen atoms in total. The van der Waals surface area contributed by atoms with E-state index in [-0.39, 0.29) is 6.42 Å². The lowest BCUT2D eigenvalue weighted by Crippen LogP contribution is -2.40. The quantitative estimate of drug-likeness (QED) is 0.709. The zero-order valence-corrected chi connectivity index (χ0v) is 12.9. The van der Waals surface area contributed by atoms with Gasteiger partial charge < -0.3 is 9.84 Å². The van der Waals surface area contributed by atoms with Crippen molar-refractivity contribution in [3.63, 3.8) is 0 Å². The molecule has 0 bridgehead atoms. The van der Waals surface area contributed by atoms with Crippen LogP contribution in [0.5, 0.6) is 5.75 Å². The number of aliphatic carboxylic acids is 1. The van der Waals surface area contributed by atoms with Gasteiger partial charge in [0.15, 0.2) is 0 Å². The molecule has 1 rings (SSSR count). The van der Waals surface area contributed by atoms with E-state index in [9.17, 15) is 26.4 Å². The van der Waals surface area contributed by atoms with Crippen LogP contribution in [0.4, 0.5) is 13.2 Å². The molecule has 0 fully saturated rings. The number of unbranched alkanes of at least 4 members (excludes halogenated alkanes) is 1. The average Bonchev–Trinajstić information content (AvgIpc) is 2.44. The highest BCUT2D eigenvalue weighted by atomic mass is 32.2. The summed E-state index contributed by atoms with van der Waals surface area (Å²) in [6, 6.07) is 0.515. The maximum absolute atomic E-state index is 13.3. The molecule has 1 atom stereocenters. The molecule has 0 spiro atoms. The highest BCUT2D eigenvalue weighted by molar-refractivity contribution is 7.89. The van der Waals surface area contributed by atoms with Crippen molar-refractivity contribution in [1.29, 1.82) is 0 Å². The third-order valence-electron chi connectivity index (χ3n) is 2.85. The smallest absolute Gasteiger partial charge is 0.387 e. The SMILES string of the molecule is CCCC[C@H](NS(=O)(=O)c1cc(F)ccc1OC(F)F)C(=O)O. The fourth-order valence-corrected chi connectivity index (χ4v) is 3.15. The number of rotatable bonds is 9. The van der Waals surface area contributed by atoms with Gasteiger partial charge in [-0.15, -0.1) is 0 Å². The first-order valence-corrected chi connectivity index (χ1v) is 8.15. The Kier molecular flexibility index (Phi) is 6.82. The van der Waals surface area contributed by atoms with Gasteiger partial charge in [0.1, 0.15) is 22.5 Å². The second-order valence-corrected chi connectivity index (χ2v) is 6.31. The number of alkyl halides is 2. The number of ether oxygens (including phenoxy) is 1. The second kappa shape index (κ2) is 8.16.